The van der Waals surface area contributed by atoms with Crippen LogP contribution in [0.4, 0.5) is 0 Å². The normalized spacial score (nSPS) is 19.0. The van der Waals surface area contributed by atoms with Crippen molar-refractivity contribution in [1.29, 1.82) is 0 Å². The van der Waals surface area contributed by atoms with Gasteiger partial charge in [-0.15, -0.1) is 0 Å². The average molecular weight is 333 g/mol. The minimum absolute atomic E-state index is 0.180. The number of aromatic carboxylic acids is 1. The number of amides is 1. The third-order valence-corrected chi connectivity index (χ3v) is 4.99. The van der Waals surface area contributed by atoms with Crippen molar-refractivity contribution in [3.8, 4) is 0 Å². The SMILES string of the molecule is CN1CCC(NS(=O)(=O)c2ccc(C(=O)O)c(Cl)c2)C1=O. The number of sulfonamides is 1. The lowest BCUT2D eigenvalue weighted by molar-refractivity contribution is -0.127. The van der Waals surface area contributed by atoms with E-state index in [0.29, 0.717) is 13.0 Å². The molecule has 0 radical (unpaired) electrons. The highest BCUT2D eigenvalue weighted by Gasteiger charge is 2.33. The highest BCUT2D eigenvalue weighted by Crippen LogP contribution is 2.22. The van der Waals surface area contributed by atoms with Crippen LogP contribution >= 0.6 is 11.6 Å². The summed E-state index contributed by atoms with van der Waals surface area (Å²) in [5, 5.41) is 8.67. The maximum Gasteiger partial charge on any atom is 0.337 e. The van der Waals surface area contributed by atoms with Gasteiger partial charge < -0.3 is 10.0 Å². The summed E-state index contributed by atoms with van der Waals surface area (Å²) >= 11 is 5.75. The second kappa shape index (κ2) is 5.63. The molecular weight excluding hydrogens is 320 g/mol. The Morgan fingerprint density at radius 1 is 1.48 bits per heavy atom. The standard InChI is InChI=1S/C12H13ClN2O5S/c1-15-5-4-10(11(15)16)14-21(19,20)7-2-3-8(12(17)18)9(13)6-7/h2-3,6,10,14H,4-5H2,1H3,(H,17,18). The van der Waals surface area contributed by atoms with Crippen LogP contribution in [0.5, 0.6) is 0 Å². The molecule has 7 nitrogen and oxygen atoms in total. The molecule has 0 aromatic heterocycles. The Bertz CT molecular complexity index is 704. The molecule has 1 aromatic rings. The molecule has 1 aliphatic rings. The monoisotopic (exact) mass is 332 g/mol. The fourth-order valence-corrected chi connectivity index (χ4v) is 3.60. The quantitative estimate of drug-likeness (QED) is 0.837. The minimum atomic E-state index is -3.94. The Morgan fingerprint density at radius 3 is 2.62 bits per heavy atom. The Kier molecular flexibility index (Phi) is 4.22. The number of carbonyl (C=O) groups is 2. The predicted molar refractivity (Wildman–Crippen MR) is 74.8 cm³/mol. The first-order valence-corrected chi connectivity index (χ1v) is 7.88. The zero-order chi connectivity index (χ0) is 15.8. The zero-order valence-corrected chi connectivity index (χ0v) is 12.6. The van der Waals surface area contributed by atoms with Gasteiger partial charge in [0.1, 0.15) is 6.04 Å². The van der Waals surface area contributed by atoms with Crippen molar-refractivity contribution >= 4 is 33.5 Å². The number of hydrogen-bond donors (Lipinski definition) is 2. The van der Waals surface area contributed by atoms with Gasteiger partial charge in [0.15, 0.2) is 0 Å². The Hall–Kier alpha value is -1.64. The molecule has 0 aliphatic carbocycles. The molecule has 0 saturated carbocycles. The van der Waals surface area contributed by atoms with Crippen LogP contribution in [0, 0.1) is 0 Å². The molecule has 0 spiro atoms. The topological polar surface area (TPSA) is 104 Å². The number of benzene rings is 1. The van der Waals surface area contributed by atoms with Crippen LogP contribution in [-0.4, -0.2) is 49.9 Å². The number of halogens is 1. The van der Waals surface area contributed by atoms with Crippen molar-refractivity contribution in [2.24, 2.45) is 0 Å². The number of carboxylic acids is 1. The number of nitrogens with zero attached hydrogens (tertiary/aromatic N) is 1. The van der Waals surface area contributed by atoms with Gasteiger partial charge in [-0.05, 0) is 24.6 Å². The second-order valence-corrected chi connectivity index (χ2v) is 6.79. The molecule has 114 valence electrons. The van der Waals surface area contributed by atoms with Crippen LogP contribution < -0.4 is 4.72 Å². The van der Waals surface area contributed by atoms with Gasteiger partial charge in [-0.25, -0.2) is 13.2 Å². The summed E-state index contributed by atoms with van der Waals surface area (Å²) in [6.45, 7) is 0.477. The Morgan fingerprint density at radius 2 is 2.14 bits per heavy atom. The Labute approximate surface area is 126 Å². The number of likely N-dealkylation sites (tertiary alicyclic amines) is 1. The number of carboxylic acid groups (broad SMARTS) is 1. The van der Waals surface area contributed by atoms with E-state index in [9.17, 15) is 18.0 Å². The van der Waals surface area contributed by atoms with Gasteiger partial charge in [-0.1, -0.05) is 11.6 Å². The average Bonchev–Trinajstić information content (AvgIpc) is 2.69. The van der Waals surface area contributed by atoms with Crippen LogP contribution in [-0.2, 0) is 14.8 Å². The van der Waals surface area contributed by atoms with Gasteiger partial charge in [0, 0.05) is 13.6 Å². The molecule has 2 N–H and O–H groups in total. The molecule has 1 atom stereocenters. The smallest absolute Gasteiger partial charge is 0.337 e. The highest BCUT2D eigenvalue weighted by molar-refractivity contribution is 7.89. The summed E-state index contributed by atoms with van der Waals surface area (Å²) < 4.78 is 26.7. The molecule has 2 rings (SSSR count). The minimum Gasteiger partial charge on any atom is -0.478 e. The van der Waals surface area contributed by atoms with E-state index in [4.69, 9.17) is 16.7 Å². The molecule has 1 unspecified atom stereocenters. The Balaban J connectivity index is 2.26. The van der Waals surface area contributed by atoms with Gasteiger partial charge >= 0.3 is 5.97 Å². The van der Waals surface area contributed by atoms with E-state index >= 15 is 0 Å². The third-order valence-electron chi connectivity index (χ3n) is 3.21. The molecular formula is C12H13ClN2O5S. The van der Waals surface area contributed by atoms with Crippen molar-refractivity contribution in [3.63, 3.8) is 0 Å². The van der Waals surface area contributed by atoms with E-state index in [1.54, 1.807) is 7.05 Å². The maximum atomic E-state index is 12.2. The molecule has 1 aliphatic heterocycles. The van der Waals surface area contributed by atoms with Crippen molar-refractivity contribution in [2.75, 3.05) is 13.6 Å². The van der Waals surface area contributed by atoms with Gasteiger partial charge in [0.25, 0.3) is 0 Å². The van der Waals surface area contributed by atoms with Crippen LogP contribution in [0.1, 0.15) is 16.8 Å². The number of nitrogens with one attached hydrogen (secondary N) is 1. The number of hydrogen-bond acceptors (Lipinski definition) is 4. The molecule has 0 bridgehead atoms. The van der Waals surface area contributed by atoms with Gasteiger partial charge in [0.2, 0.25) is 15.9 Å². The predicted octanol–water partition coefficient (Wildman–Crippen LogP) is 0.547. The summed E-state index contributed by atoms with van der Waals surface area (Å²) in [5.74, 6) is -1.55. The van der Waals surface area contributed by atoms with Crippen LogP contribution in [0.3, 0.4) is 0 Å². The largest absolute Gasteiger partial charge is 0.478 e. The van der Waals surface area contributed by atoms with Crippen molar-refractivity contribution in [3.05, 3.63) is 28.8 Å². The van der Waals surface area contributed by atoms with Gasteiger partial charge in [0.05, 0.1) is 15.5 Å². The zero-order valence-electron chi connectivity index (χ0n) is 11.0. The highest BCUT2D eigenvalue weighted by atomic mass is 35.5. The lowest BCUT2D eigenvalue weighted by atomic mass is 10.2. The van der Waals surface area contributed by atoms with E-state index in [1.165, 1.54) is 4.90 Å². The maximum absolute atomic E-state index is 12.2. The first kappa shape index (κ1) is 15.7. The van der Waals surface area contributed by atoms with E-state index in [0.717, 1.165) is 18.2 Å². The fraction of sp³-hybridized carbons (Fsp3) is 0.333. The van der Waals surface area contributed by atoms with Crippen molar-refractivity contribution in [1.82, 2.24) is 9.62 Å². The fourth-order valence-electron chi connectivity index (χ4n) is 2.02. The van der Waals surface area contributed by atoms with E-state index in [-0.39, 0.29) is 21.4 Å². The molecule has 1 aromatic carbocycles. The molecule has 21 heavy (non-hydrogen) atoms. The van der Waals surface area contributed by atoms with Gasteiger partial charge in [-0.3, -0.25) is 4.79 Å². The van der Waals surface area contributed by atoms with Crippen LogP contribution in [0.15, 0.2) is 23.1 Å². The summed E-state index contributed by atoms with van der Waals surface area (Å²) in [4.78, 5) is 23.8. The third kappa shape index (κ3) is 3.17. The molecule has 1 saturated heterocycles. The lowest BCUT2D eigenvalue weighted by Crippen LogP contribution is -2.40. The van der Waals surface area contributed by atoms with E-state index in [1.807, 2.05) is 0 Å². The summed E-state index contributed by atoms with van der Waals surface area (Å²) in [6.07, 6.45) is 0.384. The molecule has 1 fully saturated rings. The summed E-state index contributed by atoms with van der Waals surface area (Å²) in [5.41, 5.74) is -0.188. The molecule has 1 heterocycles. The first-order chi connectivity index (χ1) is 9.72. The number of carbonyl (C=O) groups excluding carboxylic acids is 1. The second-order valence-electron chi connectivity index (χ2n) is 4.67. The van der Waals surface area contributed by atoms with Crippen LogP contribution in [0.2, 0.25) is 5.02 Å². The summed E-state index contributed by atoms with van der Waals surface area (Å²) in [7, 11) is -2.35. The molecule has 9 heteroatoms. The number of rotatable bonds is 4. The van der Waals surface area contributed by atoms with Crippen LogP contribution in [0.25, 0.3) is 0 Å². The van der Waals surface area contributed by atoms with E-state index < -0.39 is 22.0 Å². The van der Waals surface area contributed by atoms with Crippen molar-refractivity contribution in [2.45, 2.75) is 17.4 Å². The van der Waals surface area contributed by atoms with Crippen molar-refractivity contribution < 1.29 is 23.1 Å². The molecule has 1 amide bonds. The lowest BCUT2D eigenvalue weighted by Gasteiger charge is -2.13. The summed E-state index contributed by atoms with van der Waals surface area (Å²) in [6, 6.07) is 2.50. The van der Waals surface area contributed by atoms with Gasteiger partial charge in [-0.2, -0.15) is 4.72 Å². The van der Waals surface area contributed by atoms with E-state index in [2.05, 4.69) is 4.72 Å². The number of likely N-dealkylation sites (N-methyl/N-ethyl adjacent to an activating group) is 1. The first-order valence-electron chi connectivity index (χ1n) is 6.02.